The maximum Gasteiger partial charge on any atom is 0.264 e. The lowest BCUT2D eigenvalue weighted by molar-refractivity contribution is 0.599. The van der Waals surface area contributed by atoms with Crippen molar-refractivity contribution in [1.82, 2.24) is 15.0 Å². The Hall–Kier alpha value is -3.77. The molecule has 176 valence electrons. The molecule has 0 aliphatic carbocycles. The molecule has 0 spiro atoms. The first kappa shape index (κ1) is 23.4. The van der Waals surface area contributed by atoms with Gasteiger partial charge < -0.3 is 4.98 Å². The van der Waals surface area contributed by atoms with Crippen molar-refractivity contribution in [2.24, 2.45) is 0 Å². The quantitative estimate of drug-likeness (QED) is 0.369. The molecule has 34 heavy (non-hydrogen) atoms. The predicted octanol–water partition coefficient (Wildman–Crippen LogP) is 2.84. The smallest absolute Gasteiger partial charge is 0.264 e. The molecule has 10 nitrogen and oxygen atoms in total. The molecule has 0 unspecified atom stereocenters. The third-order valence-electron chi connectivity index (χ3n) is 4.96. The number of aromatic amines is 1. The van der Waals surface area contributed by atoms with E-state index in [4.69, 9.17) is 0 Å². The second-order valence-electron chi connectivity index (χ2n) is 7.73. The van der Waals surface area contributed by atoms with Crippen LogP contribution in [0.5, 0.6) is 0 Å². The van der Waals surface area contributed by atoms with Crippen molar-refractivity contribution in [3.05, 3.63) is 81.9 Å². The van der Waals surface area contributed by atoms with Crippen LogP contribution in [0.1, 0.15) is 17.0 Å². The van der Waals surface area contributed by atoms with E-state index in [0.29, 0.717) is 27.9 Å². The topological polar surface area (TPSA) is 151 Å². The van der Waals surface area contributed by atoms with E-state index in [1.807, 2.05) is 0 Å². The number of nitrogens with zero attached hydrogens (tertiary/aromatic N) is 2. The Kier molecular flexibility index (Phi) is 5.87. The Bertz CT molecular complexity index is 1660. The molecule has 2 aromatic carbocycles. The van der Waals surface area contributed by atoms with Crippen LogP contribution in [-0.4, -0.2) is 31.8 Å². The standard InChI is InChI=1S/C22H21N5O5S2/c1-13-10-21(28)25-20-9-8-18(12-19(13)20)34(31,32)26-16-4-6-17(7-5-16)33(29,30)27-22-23-14(2)11-15(3)24-22/h4-12,26H,1-3H3,(H,25,28)(H,23,24,27). The number of sulfonamides is 2. The Morgan fingerprint density at radius 3 is 1.97 bits per heavy atom. The number of nitrogens with one attached hydrogen (secondary N) is 3. The summed E-state index contributed by atoms with van der Waals surface area (Å²) in [4.78, 5) is 22.3. The number of aryl methyl sites for hydroxylation is 3. The molecule has 0 fully saturated rings. The zero-order chi connectivity index (χ0) is 24.7. The van der Waals surface area contributed by atoms with Gasteiger partial charge in [-0.15, -0.1) is 0 Å². The zero-order valence-corrected chi connectivity index (χ0v) is 20.1. The molecule has 0 aliphatic rings. The number of pyridine rings is 1. The summed E-state index contributed by atoms with van der Waals surface area (Å²) >= 11 is 0. The number of benzene rings is 2. The number of H-pyrrole nitrogens is 1. The van der Waals surface area contributed by atoms with Crippen molar-refractivity contribution < 1.29 is 16.8 Å². The molecule has 0 saturated carbocycles. The number of hydrogen-bond donors (Lipinski definition) is 3. The van der Waals surface area contributed by atoms with Gasteiger partial charge in [0.2, 0.25) is 11.5 Å². The number of fused-ring (bicyclic) bond motifs is 1. The Morgan fingerprint density at radius 2 is 1.32 bits per heavy atom. The predicted molar refractivity (Wildman–Crippen MR) is 129 cm³/mol. The lowest BCUT2D eigenvalue weighted by Crippen LogP contribution is -2.16. The fourth-order valence-corrected chi connectivity index (χ4v) is 5.46. The molecule has 0 atom stereocenters. The highest BCUT2D eigenvalue weighted by atomic mass is 32.2. The first-order chi connectivity index (χ1) is 15.9. The van der Waals surface area contributed by atoms with Crippen LogP contribution in [0, 0.1) is 20.8 Å². The second kappa shape index (κ2) is 8.54. The van der Waals surface area contributed by atoms with Crippen molar-refractivity contribution in [3.8, 4) is 0 Å². The minimum absolute atomic E-state index is 0.000444. The molecule has 0 saturated heterocycles. The minimum Gasteiger partial charge on any atom is -0.322 e. The molecule has 2 aromatic heterocycles. The van der Waals surface area contributed by atoms with Gasteiger partial charge >= 0.3 is 0 Å². The van der Waals surface area contributed by atoms with Gasteiger partial charge in [-0.2, -0.15) is 0 Å². The van der Waals surface area contributed by atoms with Crippen LogP contribution in [-0.2, 0) is 20.0 Å². The van der Waals surface area contributed by atoms with Gasteiger partial charge in [-0.1, -0.05) is 0 Å². The van der Waals surface area contributed by atoms with Crippen molar-refractivity contribution in [3.63, 3.8) is 0 Å². The average molecular weight is 500 g/mol. The van der Waals surface area contributed by atoms with Crippen LogP contribution >= 0.6 is 0 Å². The van der Waals surface area contributed by atoms with Crippen LogP contribution < -0.4 is 15.0 Å². The summed E-state index contributed by atoms with van der Waals surface area (Å²) < 4.78 is 55.9. The first-order valence-corrected chi connectivity index (χ1v) is 13.0. The van der Waals surface area contributed by atoms with Crippen LogP contribution in [0.25, 0.3) is 10.9 Å². The first-order valence-electron chi connectivity index (χ1n) is 10.0. The highest BCUT2D eigenvalue weighted by Gasteiger charge is 2.19. The number of aromatic nitrogens is 3. The molecule has 3 N–H and O–H groups in total. The van der Waals surface area contributed by atoms with Gasteiger partial charge in [-0.25, -0.2) is 31.5 Å². The van der Waals surface area contributed by atoms with Crippen LogP contribution in [0.2, 0.25) is 0 Å². The van der Waals surface area contributed by atoms with Crippen LogP contribution in [0.15, 0.2) is 69.2 Å². The lowest BCUT2D eigenvalue weighted by Gasteiger charge is -2.11. The zero-order valence-electron chi connectivity index (χ0n) is 18.4. The number of hydrogen-bond acceptors (Lipinski definition) is 7. The average Bonchev–Trinajstić information content (AvgIpc) is 2.72. The Balaban J connectivity index is 1.57. The third-order valence-corrected chi connectivity index (χ3v) is 7.68. The van der Waals surface area contributed by atoms with Gasteiger partial charge in [-0.3, -0.25) is 9.52 Å². The van der Waals surface area contributed by atoms with Gasteiger partial charge in [0.1, 0.15) is 0 Å². The van der Waals surface area contributed by atoms with E-state index in [-0.39, 0.29) is 27.0 Å². The van der Waals surface area contributed by atoms with Crippen LogP contribution in [0.4, 0.5) is 11.6 Å². The van der Waals surface area contributed by atoms with E-state index in [1.54, 1.807) is 26.8 Å². The second-order valence-corrected chi connectivity index (χ2v) is 11.1. The summed E-state index contributed by atoms with van der Waals surface area (Å²) in [6.07, 6.45) is 0. The maximum absolute atomic E-state index is 12.9. The van der Waals surface area contributed by atoms with E-state index in [0.717, 1.165) is 0 Å². The normalized spacial score (nSPS) is 12.0. The van der Waals surface area contributed by atoms with E-state index in [1.165, 1.54) is 48.5 Å². The third kappa shape index (κ3) is 4.92. The largest absolute Gasteiger partial charge is 0.322 e. The van der Waals surface area contributed by atoms with Gasteiger partial charge in [0.15, 0.2) is 0 Å². The highest BCUT2D eigenvalue weighted by molar-refractivity contribution is 7.93. The van der Waals surface area contributed by atoms with E-state index in [9.17, 15) is 21.6 Å². The van der Waals surface area contributed by atoms with Crippen molar-refractivity contribution in [1.29, 1.82) is 0 Å². The maximum atomic E-state index is 12.9. The molecule has 2 heterocycles. The van der Waals surface area contributed by atoms with E-state index >= 15 is 0 Å². The summed E-state index contributed by atoms with van der Waals surface area (Å²) in [5.74, 6) is -0.0461. The molecular weight excluding hydrogens is 478 g/mol. The number of anilines is 2. The fraction of sp³-hybridized carbons (Fsp3) is 0.136. The van der Waals surface area contributed by atoms with E-state index in [2.05, 4.69) is 24.4 Å². The van der Waals surface area contributed by atoms with Crippen molar-refractivity contribution in [2.45, 2.75) is 30.6 Å². The van der Waals surface area contributed by atoms with E-state index < -0.39 is 20.0 Å². The van der Waals surface area contributed by atoms with Crippen molar-refractivity contribution >= 4 is 42.6 Å². The van der Waals surface area contributed by atoms with Crippen LogP contribution in [0.3, 0.4) is 0 Å². The lowest BCUT2D eigenvalue weighted by atomic mass is 10.1. The Morgan fingerprint density at radius 1 is 0.735 bits per heavy atom. The molecule has 0 aliphatic heterocycles. The summed E-state index contributed by atoms with van der Waals surface area (Å²) in [6.45, 7) is 5.17. The highest BCUT2D eigenvalue weighted by Crippen LogP contribution is 2.23. The number of rotatable bonds is 6. The summed E-state index contributed by atoms with van der Waals surface area (Å²) in [7, 11) is -7.94. The Labute approximate surface area is 196 Å². The molecule has 12 heteroatoms. The minimum atomic E-state index is -3.97. The molecule has 0 amide bonds. The van der Waals surface area contributed by atoms with Gasteiger partial charge in [0.05, 0.1) is 9.79 Å². The van der Waals surface area contributed by atoms with Gasteiger partial charge in [0, 0.05) is 34.0 Å². The summed E-state index contributed by atoms with van der Waals surface area (Å²) in [5, 5.41) is 0.601. The SMILES string of the molecule is Cc1cc(C)nc(NS(=O)(=O)c2ccc(NS(=O)(=O)c3ccc4[nH]c(=O)cc(C)c4c3)cc2)n1. The molecular formula is C22H21N5O5S2. The molecule has 4 aromatic rings. The summed E-state index contributed by atoms with van der Waals surface area (Å²) in [6, 6.07) is 12.7. The summed E-state index contributed by atoms with van der Waals surface area (Å²) in [5.41, 5.74) is 2.31. The molecule has 4 rings (SSSR count). The van der Waals surface area contributed by atoms with Crippen molar-refractivity contribution in [2.75, 3.05) is 9.44 Å². The van der Waals surface area contributed by atoms with Gasteiger partial charge in [-0.05, 0) is 74.9 Å². The molecule has 0 radical (unpaired) electrons. The molecule has 0 bridgehead atoms. The monoisotopic (exact) mass is 499 g/mol. The van der Waals surface area contributed by atoms with Gasteiger partial charge in [0.25, 0.3) is 20.0 Å². The fourth-order valence-electron chi connectivity index (χ4n) is 3.44.